The Morgan fingerprint density at radius 2 is 2.33 bits per heavy atom. The van der Waals surface area contributed by atoms with Gasteiger partial charge in [-0.15, -0.1) is 0 Å². The van der Waals surface area contributed by atoms with Crippen LogP contribution in [0.15, 0.2) is 6.20 Å². The molecule has 0 amide bonds. The zero-order valence-electron chi connectivity index (χ0n) is 13.4. The number of nitrogens with zero attached hydrogens (tertiary/aromatic N) is 4. The van der Waals surface area contributed by atoms with Crippen LogP contribution in [0.1, 0.15) is 18.5 Å². The molecule has 2 fully saturated rings. The van der Waals surface area contributed by atoms with Crippen molar-refractivity contribution >= 4 is 5.95 Å². The van der Waals surface area contributed by atoms with E-state index in [0.29, 0.717) is 12.1 Å². The fourth-order valence-corrected chi connectivity index (χ4v) is 3.38. The molecule has 0 saturated carbocycles. The molecule has 1 N–H and O–H groups in total. The van der Waals surface area contributed by atoms with Gasteiger partial charge in [0.05, 0.1) is 24.6 Å². The number of ether oxygens (including phenoxy) is 1. The molecular weight excluding hydrogens is 266 g/mol. The van der Waals surface area contributed by atoms with E-state index in [0.717, 1.165) is 32.2 Å². The molecule has 1 aromatic rings. The summed E-state index contributed by atoms with van der Waals surface area (Å²) in [6.45, 7) is 4.97. The standard InChI is InChI=1S/C15H27N5O/c1-18(2)15-17-8-13(19(15)3)7-16-9-14-10-20-6-4-5-12(20)11-21-14/h8,12,14,16H,4-7,9-11H2,1-3H3. The minimum atomic E-state index is 0.320. The Labute approximate surface area is 127 Å². The summed E-state index contributed by atoms with van der Waals surface area (Å²) < 4.78 is 8.10. The molecule has 21 heavy (non-hydrogen) atoms. The highest BCUT2D eigenvalue weighted by atomic mass is 16.5. The normalized spacial score (nSPS) is 26.0. The number of fused-ring (bicyclic) bond motifs is 1. The van der Waals surface area contributed by atoms with E-state index in [1.165, 1.54) is 25.1 Å². The van der Waals surface area contributed by atoms with Crippen molar-refractivity contribution in [2.45, 2.75) is 31.5 Å². The van der Waals surface area contributed by atoms with E-state index >= 15 is 0 Å². The van der Waals surface area contributed by atoms with E-state index in [9.17, 15) is 0 Å². The largest absolute Gasteiger partial charge is 0.374 e. The summed E-state index contributed by atoms with van der Waals surface area (Å²) in [5.74, 6) is 0.987. The van der Waals surface area contributed by atoms with Gasteiger partial charge in [-0.05, 0) is 19.4 Å². The third-order valence-corrected chi connectivity index (χ3v) is 4.60. The second kappa shape index (κ2) is 6.34. The molecule has 6 nitrogen and oxygen atoms in total. The SMILES string of the molecule is CN(C)c1ncc(CNCC2CN3CCCC3CO2)n1C. The van der Waals surface area contributed by atoms with Gasteiger partial charge in [-0.2, -0.15) is 0 Å². The second-order valence-corrected chi connectivity index (χ2v) is 6.38. The molecule has 1 aromatic heterocycles. The van der Waals surface area contributed by atoms with Crippen LogP contribution in [0.25, 0.3) is 0 Å². The highest BCUT2D eigenvalue weighted by Gasteiger charge is 2.31. The van der Waals surface area contributed by atoms with Crippen molar-refractivity contribution in [2.75, 3.05) is 45.2 Å². The van der Waals surface area contributed by atoms with Crippen LogP contribution in [0.4, 0.5) is 5.95 Å². The van der Waals surface area contributed by atoms with Crippen molar-refractivity contribution in [1.29, 1.82) is 0 Å². The van der Waals surface area contributed by atoms with Crippen LogP contribution in [-0.4, -0.2) is 66.9 Å². The summed E-state index contributed by atoms with van der Waals surface area (Å²) in [4.78, 5) is 9.05. The lowest BCUT2D eigenvalue weighted by Crippen LogP contribution is -2.49. The minimum Gasteiger partial charge on any atom is -0.374 e. The third-order valence-electron chi connectivity index (χ3n) is 4.60. The van der Waals surface area contributed by atoms with Gasteiger partial charge in [0.15, 0.2) is 0 Å². The summed E-state index contributed by atoms with van der Waals surface area (Å²) in [5, 5.41) is 3.51. The van der Waals surface area contributed by atoms with Crippen LogP contribution in [-0.2, 0) is 18.3 Å². The van der Waals surface area contributed by atoms with Crippen molar-refractivity contribution in [3.05, 3.63) is 11.9 Å². The summed E-state index contributed by atoms with van der Waals surface area (Å²) in [7, 11) is 6.09. The van der Waals surface area contributed by atoms with Crippen molar-refractivity contribution in [2.24, 2.45) is 7.05 Å². The quantitative estimate of drug-likeness (QED) is 0.853. The van der Waals surface area contributed by atoms with E-state index in [1.54, 1.807) is 0 Å². The number of imidazole rings is 1. The lowest BCUT2D eigenvalue weighted by molar-refractivity contribution is -0.0470. The summed E-state index contributed by atoms with van der Waals surface area (Å²) in [5.41, 5.74) is 1.20. The van der Waals surface area contributed by atoms with Gasteiger partial charge in [-0.1, -0.05) is 0 Å². The molecule has 118 valence electrons. The highest BCUT2D eigenvalue weighted by molar-refractivity contribution is 5.30. The van der Waals surface area contributed by atoms with Gasteiger partial charge in [0.25, 0.3) is 0 Å². The Hall–Kier alpha value is -1.11. The topological polar surface area (TPSA) is 45.6 Å². The van der Waals surface area contributed by atoms with Crippen molar-refractivity contribution in [1.82, 2.24) is 19.8 Å². The molecular formula is C15H27N5O. The van der Waals surface area contributed by atoms with Gasteiger partial charge in [0.1, 0.15) is 0 Å². The number of anilines is 1. The molecule has 3 rings (SSSR count). The Bertz CT molecular complexity index is 473. The second-order valence-electron chi connectivity index (χ2n) is 6.38. The molecule has 2 saturated heterocycles. The van der Waals surface area contributed by atoms with Crippen LogP contribution < -0.4 is 10.2 Å². The molecule has 2 atom stereocenters. The first kappa shape index (κ1) is 14.8. The van der Waals surface area contributed by atoms with E-state index in [4.69, 9.17) is 4.74 Å². The predicted molar refractivity (Wildman–Crippen MR) is 83.6 cm³/mol. The van der Waals surface area contributed by atoms with Gasteiger partial charge >= 0.3 is 0 Å². The monoisotopic (exact) mass is 293 g/mol. The summed E-state index contributed by atoms with van der Waals surface area (Å²) in [6.07, 6.45) is 4.90. The first-order chi connectivity index (χ1) is 10.1. The lowest BCUT2D eigenvalue weighted by atomic mass is 10.2. The molecule has 2 aliphatic rings. The van der Waals surface area contributed by atoms with Crippen LogP contribution in [0.3, 0.4) is 0 Å². The molecule has 0 radical (unpaired) electrons. The zero-order chi connectivity index (χ0) is 14.8. The van der Waals surface area contributed by atoms with Gasteiger partial charge in [-0.3, -0.25) is 4.90 Å². The van der Waals surface area contributed by atoms with Gasteiger partial charge in [-0.25, -0.2) is 4.98 Å². The Kier molecular flexibility index (Phi) is 4.47. The summed E-state index contributed by atoms with van der Waals surface area (Å²) >= 11 is 0. The molecule has 3 heterocycles. The van der Waals surface area contributed by atoms with Crippen molar-refractivity contribution < 1.29 is 4.74 Å². The number of rotatable bonds is 5. The average molecular weight is 293 g/mol. The Morgan fingerprint density at radius 3 is 3.10 bits per heavy atom. The highest BCUT2D eigenvalue weighted by Crippen LogP contribution is 2.22. The first-order valence-corrected chi connectivity index (χ1v) is 7.89. The summed E-state index contributed by atoms with van der Waals surface area (Å²) in [6, 6.07) is 0.681. The van der Waals surface area contributed by atoms with E-state index in [2.05, 4.69) is 26.8 Å². The van der Waals surface area contributed by atoms with E-state index < -0.39 is 0 Å². The zero-order valence-corrected chi connectivity index (χ0v) is 13.4. The van der Waals surface area contributed by atoms with Crippen LogP contribution in [0, 0.1) is 0 Å². The smallest absolute Gasteiger partial charge is 0.204 e. The third kappa shape index (κ3) is 3.22. The number of hydrogen-bond donors (Lipinski definition) is 1. The molecule has 0 bridgehead atoms. The Morgan fingerprint density at radius 1 is 1.48 bits per heavy atom. The Balaban J connectivity index is 1.46. The maximum atomic E-state index is 5.97. The maximum Gasteiger partial charge on any atom is 0.204 e. The van der Waals surface area contributed by atoms with Crippen molar-refractivity contribution in [3.8, 4) is 0 Å². The molecule has 0 aromatic carbocycles. The number of nitrogens with one attached hydrogen (secondary N) is 1. The average Bonchev–Trinajstić information content (AvgIpc) is 3.05. The number of hydrogen-bond acceptors (Lipinski definition) is 5. The molecule has 2 unspecified atom stereocenters. The van der Waals surface area contributed by atoms with Gasteiger partial charge in [0.2, 0.25) is 5.95 Å². The van der Waals surface area contributed by atoms with Crippen LogP contribution in [0.2, 0.25) is 0 Å². The fraction of sp³-hybridized carbons (Fsp3) is 0.800. The van der Waals surface area contributed by atoms with Crippen LogP contribution in [0.5, 0.6) is 0 Å². The van der Waals surface area contributed by atoms with Gasteiger partial charge in [0, 0.05) is 46.8 Å². The number of morpholine rings is 1. The van der Waals surface area contributed by atoms with Gasteiger partial charge < -0.3 is 19.5 Å². The minimum absolute atomic E-state index is 0.320. The maximum absolute atomic E-state index is 5.97. The van der Waals surface area contributed by atoms with Crippen LogP contribution >= 0.6 is 0 Å². The molecule has 0 spiro atoms. The number of aromatic nitrogens is 2. The first-order valence-electron chi connectivity index (χ1n) is 7.89. The lowest BCUT2D eigenvalue weighted by Gasteiger charge is -2.35. The van der Waals surface area contributed by atoms with E-state index in [1.807, 2.05) is 25.2 Å². The fourth-order valence-electron chi connectivity index (χ4n) is 3.38. The molecule has 6 heteroatoms. The molecule has 2 aliphatic heterocycles. The predicted octanol–water partition coefficient (Wildman–Crippen LogP) is 0.439. The van der Waals surface area contributed by atoms with E-state index in [-0.39, 0.29) is 0 Å². The molecule has 0 aliphatic carbocycles. The van der Waals surface area contributed by atoms with Crippen molar-refractivity contribution in [3.63, 3.8) is 0 Å².